The quantitative estimate of drug-likeness (QED) is 0.785. The monoisotopic (exact) mass is 275 g/mol. The van der Waals surface area contributed by atoms with Crippen molar-refractivity contribution in [2.75, 3.05) is 5.33 Å². The van der Waals surface area contributed by atoms with Crippen LogP contribution < -0.4 is 5.32 Å². The number of halogens is 1. The Hall–Kier alpha value is -0.0500. The first kappa shape index (κ1) is 13.0. The highest BCUT2D eigenvalue weighted by Gasteiger charge is 2.34. The molecule has 1 aliphatic rings. The van der Waals surface area contributed by atoms with Crippen LogP contribution in [0.25, 0.3) is 0 Å². The van der Waals surface area contributed by atoms with Gasteiger partial charge in [-0.1, -0.05) is 42.1 Å². The van der Waals surface area contributed by atoms with Gasteiger partial charge in [0.15, 0.2) is 0 Å². The molecule has 1 atom stereocenters. The van der Waals surface area contributed by atoms with Crippen molar-refractivity contribution in [1.29, 1.82) is 0 Å². The average molecular weight is 276 g/mol. The van der Waals surface area contributed by atoms with E-state index in [2.05, 4.69) is 35.1 Å². The smallest absolute Gasteiger partial charge is 0.226 e. The molecule has 1 rings (SSSR count). The fourth-order valence-electron chi connectivity index (χ4n) is 2.19. The Balaban J connectivity index is 2.44. The van der Waals surface area contributed by atoms with Gasteiger partial charge in [-0.2, -0.15) is 0 Å². The molecule has 0 heterocycles. The van der Waals surface area contributed by atoms with Crippen LogP contribution in [0.2, 0.25) is 0 Å². The van der Waals surface area contributed by atoms with Crippen LogP contribution in [-0.4, -0.2) is 17.3 Å². The van der Waals surface area contributed by atoms with Gasteiger partial charge in [-0.3, -0.25) is 4.79 Å². The number of rotatable bonds is 4. The van der Waals surface area contributed by atoms with Gasteiger partial charge in [-0.25, -0.2) is 0 Å². The van der Waals surface area contributed by atoms with Gasteiger partial charge >= 0.3 is 0 Å². The number of alkyl halides is 1. The van der Waals surface area contributed by atoms with Gasteiger partial charge in [-0.05, 0) is 26.2 Å². The first-order chi connectivity index (χ1) is 7.08. The summed E-state index contributed by atoms with van der Waals surface area (Å²) in [4.78, 5) is 12.1. The predicted molar refractivity (Wildman–Crippen MR) is 67.2 cm³/mol. The van der Waals surface area contributed by atoms with E-state index in [9.17, 15) is 4.79 Å². The van der Waals surface area contributed by atoms with Gasteiger partial charge in [-0.15, -0.1) is 0 Å². The first-order valence-corrected chi connectivity index (χ1v) is 7.07. The Labute approximate surface area is 101 Å². The van der Waals surface area contributed by atoms with Gasteiger partial charge < -0.3 is 5.32 Å². The Bertz CT molecular complexity index is 212. The molecule has 0 bridgehead atoms. The van der Waals surface area contributed by atoms with Crippen LogP contribution in [0.15, 0.2) is 0 Å². The molecule has 1 aliphatic carbocycles. The molecule has 15 heavy (non-hydrogen) atoms. The Morgan fingerprint density at radius 1 is 1.40 bits per heavy atom. The first-order valence-electron chi connectivity index (χ1n) is 5.95. The summed E-state index contributed by atoms with van der Waals surface area (Å²) in [6, 6.07) is 0.288. The molecule has 0 aromatic carbocycles. The van der Waals surface area contributed by atoms with Gasteiger partial charge in [0.1, 0.15) is 0 Å². The average Bonchev–Trinajstić information content (AvgIpc) is 2.19. The van der Waals surface area contributed by atoms with Crippen LogP contribution in [0, 0.1) is 5.41 Å². The van der Waals surface area contributed by atoms with Crippen LogP contribution in [0.5, 0.6) is 0 Å². The van der Waals surface area contributed by atoms with E-state index in [0.29, 0.717) is 0 Å². The van der Waals surface area contributed by atoms with Gasteiger partial charge in [0.2, 0.25) is 5.91 Å². The fourth-order valence-corrected chi connectivity index (χ4v) is 2.88. The maximum atomic E-state index is 12.1. The number of hydrogen-bond acceptors (Lipinski definition) is 1. The van der Waals surface area contributed by atoms with E-state index in [0.717, 1.165) is 24.6 Å². The summed E-state index contributed by atoms with van der Waals surface area (Å²) < 4.78 is 0. The van der Waals surface area contributed by atoms with Crippen molar-refractivity contribution in [2.24, 2.45) is 5.41 Å². The number of amides is 1. The summed E-state index contributed by atoms with van der Waals surface area (Å²) in [7, 11) is 0. The molecule has 0 aliphatic heterocycles. The topological polar surface area (TPSA) is 29.1 Å². The molecular weight excluding hydrogens is 254 g/mol. The number of carbonyl (C=O) groups is 1. The van der Waals surface area contributed by atoms with E-state index < -0.39 is 0 Å². The van der Waals surface area contributed by atoms with Crippen molar-refractivity contribution in [3.05, 3.63) is 0 Å². The maximum absolute atomic E-state index is 12.1. The predicted octanol–water partition coefficient (Wildman–Crippen LogP) is 3.25. The van der Waals surface area contributed by atoms with Crippen LogP contribution in [-0.2, 0) is 4.79 Å². The van der Waals surface area contributed by atoms with Gasteiger partial charge in [0.05, 0.1) is 0 Å². The van der Waals surface area contributed by atoms with Crippen LogP contribution in [0.3, 0.4) is 0 Å². The minimum Gasteiger partial charge on any atom is -0.353 e. The van der Waals surface area contributed by atoms with Crippen molar-refractivity contribution < 1.29 is 4.79 Å². The summed E-state index contributed by atoms with van der Waals surface area (Å²) in [6.45, 7) is 4.19. The minimum atomic E-state index is -0.0984. The highest BCUT2D eigenvalue weighted by molar-refractivity contribution is 9.09. The van der Waals surface area contributed by atoms with Crippen LogP contribution >= 0.6 is 15.9 Å². The molecule has 1 saturated carbocycles. The molecule has 0 spiro atoms. The molecular formula is C12H22BrNO. The molecule has 2 nitrogen and oxygen atoms in total. The number of hydrogen-bond donors (Lipinski definition) is 1. The largest absolute Gasteiger partial charge is 0.353 e. The lowest BCUT2D eigenvalue weighted by atomic mass is 9.75. The van der Waals surface area contributed by atoms with Crippen molar-refractivity contribution in [3.63, 3.8) is 0 Å². The molecule has 1 unspecified atom stereocenters. The summed E-state index contributed by atoms with van der Waals surface area (Å²) >= 11 is 3.40. The van der Waals surface area contributed by atoms with Crippen molar-refractivity contribution in [1.82, 2.24) is 5.32 Å². The lowest BCUT2D eigenvalue weighted by Gasteiger charge is -2.33. The van der Waals surface area contributed by atoms with E-state index in [4.69, 9.17) is 0 Å². The molecule has 0 aromatic heterocycles. The summed E-state index contributed by atoms with van der Waals surface area (Å²) in [5, 5.41) is 4.07. The second kappa shape index (κ2) is 5.88. The molecule has 1 amide bonds. The second-order valence-electron chi connectivity index (χ2n) is 4.97. The zero-order valence-corrected chi connectivity index (χ0v) is 11.4. The third-order valence-corrected chi connectivity index (χ3v) is 3.88. The van der Waals surface area contributed by atoms with E-state index in [-0.39, 0.29) is 17.4 Å². The Morgan fingerprint density at radius 3 is 2.53 bits per heavy atom. The normalized spacial score (nSPS) is 22.1. The molecule has 1 fully saturated rings. The van der Waals surface area contributed by atoms with Crippen LogP contribution in [0.1, 0.15) is 52.4 Å². The molecule has 3 heteroatoms. The third-order valence-electron chi connectivity index (χ3n) is 3.42. The van der Waals surface area contributed by atoms with E-state index in [1.165, 1.54) is 19.3 Å². The maximum Gasteiger partial charge on any atom is 0.226 e. The number of nitrogens with one attached hydrogen (secondary N) is 1. The highest BCUT2D eigenvalue weighted by atomic mass is 79.9. The van der Waals surface area contributed by atoms with E-state index in [1.807, 2.05) is 0 Å². The van der Waals surface area contributed by atoms with E-state index in [1.54, 1.807) is 0 Å². The zero-order chi connectivity index (χ0) is 11.3. The van der Waals surface area contributed by atoms with Crippen LogP contribution in [0.4, 0.5) is 0 Å². The standard InChI is InChI=1S/C12H22BrNO/c1-10(6-9-13)14-11(15)12(2)7-4-3-5-8-12/h10H,3-9H2,1-2H3,(H,14,15). The Kier molecular flexibility index (Phi) is 5.10. The van der Waals surface area contributed by atoms with E-state index >= 15 is 0 Å². The molecule has 1 N–H and O–H groups in total. The van der Waals surface area contributed by atoms with Gasteiger partial charge in [0.25, 0.3) is 0 Å². The summed E-state index contributed by atoms with van der Waals surface area (Å²) in [6.07, 6.45) is 6.81. The SMILES string of the molecule is CC(CCBr)NC(=O)C1(C)CCCCC1. The number of carbonyl (C=O) groups excluding carboxylic acids is 1. The van der Waals surface area contributed by atoms with Gasteiger partial charge in [0, 0.05) is 16.8 Å². The van der Waals surface area contributed by atoms with Crippen molar-refractivity contribution >= 4 is 21.8 Å². The molecule has 0 aromatic rings. The lowest BCUT2D eigenvalue weighted by molar-refractivity contribution is -0.132. The lowest BCUT2D eigenvalue weighted by Crippen LogP contribution is -2.44. The Morgan fingerprint density at radius 2 is 2.00 bits per heavy atom. The highest BCUT2D eigenvalue weighted by Crippen LogP contribution is 2.35. The second-order valence-corrected chi connectivity index (χ2v) is 5.77. The molecule has 0 saturated heterocycles. The third kappa shape index (κ3) is 3.78. The molecule has 88 valence electrons. The summed E-state index contributed by atoms with van der Waals surface area (Å²) in [5.41, 5.74) is -0.0984. The van der Waals surface area contributed by atoms with Crippen molar-refractivity contribution in [3.8, 4) is 0 Å². The zero-order valence-electron chi connectivity index (χ0n) is 9.81. The summed E-state index contributed by atoms with van der Waals surface area (Å²) in [5.74, 6) is 0.260. The van der Waals surface area contributed by atoms with Crippen molar-refractivity contribution in [2.45, 2.75) is 58.4 Å². The molecule has 0 radical (unpaired) electrons. The minimum absolute atomic E-state index is 0.0984. The fraction of sp³-hybridized carbons (Fsp3) is 0.917.